The molecule has 29 heavy (non-hydrogen) atoms. The van der Waals surface area contributed by atoms with Crippen molar-refractivity contribution in [3.8, 4) is 0 Å². The summed E-state index contributed by atoms with van der Waals surface area (Å²) < 4.78 is 19.0. The lowest BCUT2D eigenvalue weighted by Crippen LogP contribution is -2.61. The van der Waals surface area contributed by atoms with Crippen LogP contribution in [-0.4, -0.2) is 42.0 Å². The van der Waals surface area contributed by atoms with Crippen LogP contribution in [0.3, 0.4) is 0 Å². The van der Waals surface area contributed by atoms with E-state index in [1.807, 2.05) is 0 Å². The first-order chi connectivity index (χ1) is 13.4. The highest BCUT2D eigenvalue weighted by Crippen LogP contribution is 2.39. The Morgan fingerprint density at radius 3 is 2.69 bits per heavy atom. The molecule has 2 aliphatic heterocycles. The van der Waals surface area contributed by atoms with Crippen molar-refractivity contribution in [2.24, 2.45) is 11.7 Å². The second kappa shape index (κ2) is 8.38. The molecule has 158 valence electrons. The topological polar surface area (TPSA) is 102 Å². The van der Waals surface area contributed by atoms with Gasteiger partial charge in [-0.1, -0.05) is 6.07 Å². The van der Waals surface area contributed by atoms with Crippen LogP contribution in [0.25, 0.3) is 0 Å². The van der Waals surface area contributed by atoms with Crippen LogP contribution in [-0.2, 0) is 26.3 Å². The highest BCUT2D eigenvalue weighted by atomic mass is 35.5. The van der Waals surface area contributed by atoms with E-state index >= 15 is 0 Å². The average Bonchev–Trinajstić information content (AvgIpc) is 2.99. The fourth-order valence-corrected chi connectivity index (χ4v) is 4.56. The number of nitrogens with zero attached hydrogens (tertiary/aromatic N) is 1. The summed E-state index contributed by atoms with van der Waals surface area (Å²) in [6.45, 7) is 0.962. The number of urea groups is 1. The molecule has 4 amide bonds. The summed E-state index contributed by atoms with van der Waals surface area (Å²) in [7, 11) is 0. The van der Waals surface area contributed by atoms with Crippen molar-refractivity contribution < 1.29 is 23.5 Å². The fraction of sp³-hybridized carbons (Fsp3) is 0.550. The molecule has 0 radical (unpaired) electrons. The number of ether oxygens (including phenoxy) is 1. The highest BCUT2D eigenvalue weighted by Gasteiger charge is 2.45. The lowest BCUT2D eigenvalue weighted by atomic mass is 9.84. The predicted octanol–water partition coefficient (Wildman–Crippen LogP) is 2.00. The number of carbonyl (C=O) groups excluding carboxylic acids is 3. The van der Waals surface area contributed by atoms with E-state index in [0.717, 1.165) is 17.5 Å². The number of nitrogens with two attached hydrogens (primary N) is 1. The first-order valence-electron chi connectivity index (χ1n) is 9.72. The molecule has 1 aromatic rings. The molecule has 9 heteroatoms. The normalized spacial score (nSPS) is 27.4. The molecule has 0 saturated carbocycles. The lowest BCUT2D eigenvalue weighted by molar-refractivity contribution is -0.145. The van der Waals surface area contributed by atoms with E-state index in [1.54, 1.807) is 6.07 Å². The lowest BCUT2D eigenvalue weighted by Gasteiger charge is -2.38. The zero-order valence-corrected chi connectivity index (χ0v) is 16.8. The Bertz CT molecular complexity index is 830. The van der Waals surface area contributed by atoms with E-state index in [0.29, 0.717) is 38.9 Å². The number of hydrogen-bond donors (Lipinski definition) is 2. The second-order valence-electron chi connectivity index (χ2n) is 7.90. The molecule has 1 aromatic carbocycles. The number of halogens is 2. The Morgan fingerprint density at radius 1 is 1.24 bits per heavy atom. The van der Waals surface area contributed by atoms with Crippen molar-refractivity contribution in [1.29, 1.82) is 0 Å². The summed E-state index contributed by atoms with van der Waals surface area (Å²) in [5.41, 5.74) is 7.52. The van der Waals surface area contributed by atoms with E-state index in [1.165, 1.54) is 17.0 Å². The van der Waals surface area contributed by atoms with Crippen LogP contribution in [0.4, 0.5) is 9.18 Å². The van der Waals surface area contributed by atoms with Crippen LogP contribution in [0.1, 0.15) is 43.2 Å². The quantitative estimate of drug-likeness (QED) is 0.718. The van der Waals surface area contributed by atoms with Crippen molar-refractivity contribution in [2.45, 2.75) is 50.1 Å². The molecule has 0 aromatic heterocycles. The first kappa shape index (κ1) is 21.7. The molecular formula is C20H25ClFN3O4. The van der Waals surface area contributed by atoms with Crippen molar-refractivity contribution in [3.05, 3.63) is 35.1 Å². The molecule has 2 fully saturated rings. The van der Waals surface area contributed by atoms with Crippen LogP contribution >= 0.6 is 12.4 Å². The van der Waals surface area contributed by atoms with E-state index in [9.17, 15) is 18.8 Å². The molecule has 0 spiro atoms. The molecule has 2 saturated heterocycles. The van der Waals surface area contributed by atoms with Gasteiger partial charge in [-0.3, -0.25) is 19.8 Å². The zero-order chi connectivity index (χ0) is 19.9. The first-order valence-corrected chi connectivity index (χ1v) is 9.72. The third-order valence-electron chi connectivity index (χ3n) is 6.18. The van der Waals surface area contributed by atoms with E-state index in [4.69, 9.17) is 10.5 Å². The van der Waals surface area contributed by atoms with Crippen LogP contribution in [0.15, 0.2) is 18.2 Å². The van der Waals surface area contributed by atoms with Crippen molar-refractivity contribution in [2.75, 3.05) is 13.2 Å². The number of rotatable bonds is 4. The van der Waals surface area contributed by atoms with Crippen LogP contribution in [0, 0.1) is 11.7 Å². The molecule has 3 N–H and O–H groups in total. The predicted molar refractivity (Wildman–Crippen MR) is 105 cm³/mol. The minimum absolute atomic E-state index is 0. The maximum Gasteiger partial charge on any atom is 0.331 e. The Morgan fingerprint density at radius 2 is 1.97 bits per heavy atom. The van der Waals surface area contributed by atoms with Gasteiger partial charge in [0.2, 0.25) is 11.8 Å². The molecule has 1 aliphatic carbocycles. The van der Waals surface area contributed by atoms with Gasteiger partial charge < -0.3 is 10.5 Å². The molecule has 0 bridgehead atoms. The summed E-state index contributed by atoms with van der Waals surface area (Å²) in [5.74, 6) is -2.36. The average molecular weight is 426 g/mol. The summed E-state index contributed by atoms with van der Waals surface area (Å²) in [4.78, 5) is 38.7. The number of aryl methyl sites for hydroxylation is 1. The SMILES string of the molecule is Cl.N[C@@]1(CCC2C(=O)NC(=O)N(C3CCOCC3)C2=O)CCc2ccc(F)cc21. The van der Waals surface area contributed by atoms with Crippen LogP contribution in [0.5, 0.6) is 0 Å². The smallest absolute Gasteiger partial charge is 0.331 e. The van der Waals surface area contributed by atoms with Crippen molar-refractivity contribution >= 4 is 30.3 Å². The molecule has 2 atom stereocenters. The number of amides is 4. The van der Waals surface area contributed by atoms with Gasteiger partial charge >= 0.3 is 6.03 Å². The molecular weight excluding hydrogens is 401 g/mol. The largest absolute Gasteiger partial charge is 0.381 e. The Kier molecular flexibility index (Phi) is 6.26. The highest BCUT2D eigenvalue weighted by molar-refractivity contribution is 6.16. The molecule has 3 aliphatic rings. The fourth-order valence-electron chi connectivity index (χ4n) is 4.56. The molecule has 2 heterocycles. The Labute approximate surface area is 174 Å². The van der Waals surface area contributed by atoms with Gasteiger partial charge in [-0.15, -0.1) is 12.4 Å². The van der Waals surface area contributed by atoms with Crippen LogP contribution in [0.2, 0.25) is 0 Å². The zero-order valence-electron chi connectivity index (χ0n) is 16.0. The second-order valence-corrected chi connectivity index (χ2v) is 7.90. The van der Waals surface area contributed by atoms with Crippen molar-refractivity contribution in [1.82, 2.24) is 10.2 Å². The standard InChI is InChI=1S/C20H24FN3O4.ClH/c21-13-2-1-12-3-7-20(22,16(12)11-13)8-4-15-17(25)23-19(27)24(18(15)26)14-5-9-28-10-6-14;/h1-2,11,14-15H,3-10,22H2,(H,23,25,27);1H/t15?,20-;/m1./s1. The summed E-state index contributed by atoms with van der Waals surface area (Å²) in [6.07, 6.45) is 3.08. The number of hydrogen-bond acceptors (Lipinski definition) is 5. The van der Waals surface area contributed by atoms with Gasteiger partial charge in [0.25, 0.3) is 0 Å². The summed E-state index contributed by atoms with van der Waals surface area (Å²) in [6, 6.07) is 3.69. The van der Waals surface area contributed by atoms with Gasteiger partial charge in [0.1, 0.15) is 11.7 Å². The van der Waals surface area contributed by atoms with Gasteiger partial charge in [0, 0.05) is 24.8 Å². The maximum absolute atomic E-state index is 13.7. The number of barbiturate groups is 1. The number of fused-ring (bicyclic) bond motifs is 1. The third-order valence-corrected chi connectivity index (χ3v) is 6.18. The van der Waals surface area contributed by atoms with Gasteiger partial charge in [-0.2, -0.15) is 0 Å². The van der Waals surface area contributed by atoms with Gasteiger partial charge in [0.15, 0.2) is 0 Å². The molecule has 7 nitrogen and oxygen atoms in total. The number of nitrogens with one attached hydrogen (secondary N) is 1. The third kappa shape index (κ3) is 4.01. The Hall–Kier alpha value is -2.03. The van der Waals surface area contributed by atoms with E-state index in [2.05, 4.69) is 5.32 Å². The summed E-state index contributed by atoms with van der Waals surface area (Å²) in [5, 5.41) is 2.31. The van der Waals surface area contributed by atoms with Gasteiger partial charge in [-0.05, 0) is 61.8 Å². The number of carbonyl (C=O) groups is 3. The van der Waals surface area contributed by atoms with E-state index in [-0.39, 0.29) is 30.7 Å². The van der Waals surface area contributed by atoms with Crippen molar-refractivity contribution in [3.63, 3.8) is 0 Å². The van der Waals surface area contributed by atoms with Crippen LogP contribution < -0.4 is 11.1 Å². The van der Waals surface area contributed by atoms with Gasteiger partial charge in [0.05, 0.1) is 0 Å². The molecule has 1 unspecified atom stereocenters. The minimum atomic E-state index is -0.960. The number of benzene rings is 1. The minimum Gasteiger partial charge on any atom is -0.381 e. The van der Waals surface area contributed by atoms with E-state index < -0.39 is 29.3 Å². The maximum atomic E-state index is 13.7. The van der Waals surface area contributed by atoms with Gasteiger partial charge in [-0.25, -0.2) is 9.18 Å². The monoisotopic (exact) mass is 425 g/mol. The number of imide groups is 2. The molecule has 4 rings (SSSR count). The summed E-state index contributed by atoms with van der Waals surface area (Å²) >= 11 is 0. The Balaban J connectivity index is 0.00000240.